The van der Waals surface area contributed by atoms with E-state index >= 15 is 0 Å². The van der Waals surface area contributed by atoms with E-state index in [0.29, 0.717) is 18.2 Å². The van der Waals surface area contributed by atoms with Gasteiger partial charge in [0.25, 0.3) is 0 Å². The van der Waals surface area contributed by atoms with Crippen LogP contribution in [-0.4, -0.2) is 32.3 Å². The molecule has 19 heavy (non-hydrogen) atoms. The number of hydrogen-bond donors (Lipinski definition) is 1. The van der Waals surface area contributed by atoms with E-state index in [1.165, 1.54) is 26.4 Å². The molecule has 2 rings (SSSR count). The van der Waals surface area contributed by atoms with Crippen molar-refractivity contribution in [2.75, 3.05) is 20.3 Å². The molecule has 0 saturated carbocycles. The second kappa shape index (κ2) is 7.14. The fraction of sp³-hybridized carbons (Fsp3) is 0.533. The normalized spacial score (nSPS) is 18.9. The third kappa shape index (κ3) is 4.24. The molecule has 0 bridgehead atoms. The number of nitrogens with one attached hydrogen (secondary N) is 1. The summed E-state index contributed by atoms with van der Waals surface area (Å²) in [6.45, 7) is 1.78. The molecule has 1 fully saturated rings. The van der Waals surface area contributed by atoms with Gasteiger partial charge in [-0.2, -0.15) is 0 Å². The maximum Gasteiger partial charge on any atom is 0.337 e. The van der Waals surface area contributed by atoms with E-state index in [1.807, 2.05) is 6.07 Å². The lowest BCUT2D eigenvalue weighted by Gasteiger charge is -2.23. The SMILES string of the molecule is COC(=O)c1cccc(OCCC2CCCCN2)c1. The highest BCUT2D eigenvalue weighted by molar-refractivity contribution is 5.89. The Hall–Kier alpha value is -1.55. The Morgan fingerprint density at radius 1 is 1.42 bits per heavy atom. The number of carbonyl (C=O) groups excluding carboxylic acids is 1. The van der Waals surface area contributed by atoms with E-state index in [0.717, 1.165) is 18.7 Å². The Balaban J connectivity index is 1.80. The lowest BCUT2D eigenvalue weighted by atomic mass is 10.0. The van der Waals surface area contributed by atoms with Crippen LogP contribution in [0.5, 0.6) is 5.75 Å². The number of benzene rings is 1. The van der Waals surface area contributed by atoms with Crippen molar-refractivity contribution in [3.8, 4) is 5.75 Å². The van der Waals surface area contributed by atoms with Gasteiger partial charge in [-0.1, -0.05) is 12.5 Å². The standard InChI is InChI=1S/C15H21NO3/c1-18-15(17)12-5-4-7-14(11-12)19-10-8-13-6-2-3-9-16-13/h4-5,7,11,13,16H,2-3,6,8-10H2,1H3. The van der Waals surface area contributed by atoms with Crippen molar-refractivity contribution in [1.82, 2.24) is 5.32 Å². The molecule has 0 aliphatic carbocycles. The van der Waals surface area contributed by atoms with Gasteiger partial charge in [-0.15, -0.1) is 0 Å². The zero-order valence-electron chi connectivity index (χ0n) is 11.4. The summed E-state index contributed by atoms with van der Waals surface area (Å²) in [5.74, 6) is 0.387. The Morgan fingerprint density at radius 2 is 2.32 bits per heavy atom. The summed E-state index contributed by atoms with van der Waals surface area (Å²) in [6, 6.07) is 7.68. The van der Waals surface area contributed by atoms with Crippen molar-refractivity contribution in [2.24, 2.45) is 0 Å². The molecule has 1 heterocycles. The molecule has 0 radical (unpaired) electrons. The molecule has 1 atom stereocenters. The van der Waals surface area contributed by atoms with Gasteiger partial charge in [0.1, 0.15) is 5.75 Å². The van der Waals surface area contributed by atoms with Crippen molar-refractivity contribution < 1.29 is 14.3 Å². The Morgan fingerprint density at radius 3 is 3.05 bits per heavy atom. The van der Waals surface area contributed by atoms with Gasteiger partial charge in [-0.3, -0.25) is 0 Å². The largest absolute Gasteiger partial charge is 0.494 e. The Bertz CT molecular complexity index is 414. The fourth-order valence-corrected chi connectivity index (χ4v) is 2.32. The second-order valence-corrected chi connectivity index (χ2v) is 4.80. The van der Waals surface area contributed by atoms with Gasteiger partial charge >= 0.3 is 5.97 Å². The summed E-state index contributed by atoms with van der Waals surface area (Å²) < 4.78 is 10.4. The number of carbonyl (C=O) groups is 1. The van der Waals surface area contributed by atoms with Crippen LogP contribution in [0.15, 0.2) is 24.3 Å². The first-order chi connectivity index (χ1) is 9.29. The first-order valence-electron chi connectivity index (χ1n) is 6.84. The molecule has 1 aliphatic rings. The molecule has 1 aromatic carbocycles. The monoisotopic (exact) mass is 263 g/mol. The molecule has 0 aromatic heterocycles. The van der Waals surface area contributed by atoms with Crippen LogP contribution in [0.4, 0.5) is 0 Å². The molecule has 104 valence electrons. The number of piperidine rings is 1. The van der Waals surface area contributed by atoms with Gasteiger partial charge in [0, 0.05) is 6.04 Å². The van der Waals surface area contributed by atoms with E-state index in [1.54, 1.807) is 18.2 Å². The first-order valence-corrected chi connectivity index (χ1v) is 6.84. The summed E-state index contributed by atoms with van der Waals surface area (Å²) in [7, 11) is 1.38. The van der Waals surface area contributed by atoms with Gasteiger partial charge in [0.15, 0.2) is 0 Å². The molecular weight excluding hydrogens is 242 g/mol. The number of ether oxygens (including phenoxy) is 2. The van der Waals surface area contributed by atoms with Crippen molar-refractivity contribution in [3.63, 3.8) is 0 Å². The van der Waals surface area contributed by atoms with E-state index < -0.39 is 0 Å². The smallest absolute Gasteiger partial charge is 0.337 e. The van der Waals surface area contributed by atoms with Gasteiger partial charge in [-0.25, -0.2) is 4.79 Å². The number of methoxy groups -OCH3 is 1. The zero-order valence-corrected chi connectivity index (χ0v) is 11.4. The van der Waals surface area contributed by atoms with Crippen LogP contribution in [-0.2, 0) is 4.74 Å². The van der Waals surface area contributed by atoms with E-state index in [4.69, 9.17) is 4.74 Å². The minimum Gasteiger partial charge on any atom is -0.494 e. The fourth-order valence-electron chi connectivity index (χ4n) is 2.32. The minimum absolute atomic E-state index is 0.334. The first kappa shape index (κ1) is 13.9. The quantitative estimate of drug-likeness (QED) is 0.829. The maximum absolute atomic E-state index is 11.4. The molecule has 1 aliphatic heterocycles. The molecule has 1 saturated heterocycles. The molecule has 4 heteroatoms. The number of rotatable bonds is 5. The summed E-state index contributed by atoms with van der Waals surface area (Å²) in [6.07, 6.45) is 4.81. The van der Waals surface area contributed by atoms with Crippen molar-refractivity contribution in [3.05, 3.63) is 29.8 Å². The minimum atomic E-state index is -0.334. The summed E-state index contributed by atoms with van der Waals surface area (Å²) in [4.78, 5) is 11.4. The van der Waals surface area contributed by atoms with Crippen LogP contribution in [0.2, 0.25) is 0 Å². The van der Waals surface area contributed by atoms with E-state index in [9.17, 15) is 4.79 Å². The average molecular weight is 263 g/mol. The number of esters is 1. The van der Waals surface area contributed by atoms with Crippen LogP contribution in [0.1, 0.15) is 36.0 Å². The van der Waals surface area contributed by atoms with Crippen LogP contribution in [0.25, 0.3) is 0 Å². The van der Waals surface area contributed by atoms with Crippen LogP contribution in [0.3, 0.4) is 0 Å². The maximum atomic E-state index is 11.4. The van der Waals surface area contributed by atoms with Crippen molar-refractivity contribution in [2.45, 2.75) is 31.7 Å². The summed E-state index contributed by atoms with van der Waals surface area (Å²) in [5, 5.41) is 3.49. The van der Waals surface area contributed by atoms with Gasteiger partial charge < -0.3 is 14.8 Å². The average Bonchev–Trinajstić information content (AvgIpc) is 2.48. The lowest BCUT2D eigenvalue weighted by Crippen LogP contribution is -2.35. The molecule has 0 spiro atoms. The molecule has 0 amide bonds. The van der Waals surface area contributed by atoms with Gasteiger partial charge in [-0.05, 0) is 44.0 Å². The Kier molecular flexibility index (Phi) is 5.21. The summed E-state index contributed by atoms with van der Waals surface area (Å²) >= 11 is 0. The predicted octanol–water partition coefficient (Wildman–Crippen LogP) is 2.38. The van der Waals surface area contributed by atoms with Crippen LogP contribution >= 0.6 is 0 Å². The molecular formula is C15H21NO3. The van der Waals surface area contributed by atoms with E-state index in [2.05, 4.69) is 10.1 Å². The van der Waals surface area contributed by atoms with Crippen LogP contribution < -0.4 is 10.1 Å². The molecule has 1 aromatic rings. The highest BCUT2D eigenvalue weighted by atomic mass is 16.5. The van der Waals surface area contributed by atoms with Crippen LogP contribution in [0, 0.1) is 0 Å². The van der Waals surface area contributed by atoms with Gasteiger partial charge in [0.05, 0.1) is 19.3 Å². The number of hydrogen-bond acceptors (Lipinski definition) is 4. The topological polar surface area (TPSA) is 47.6 Å². The van der Waals surface area contributed by atoms with Crippen molar-refractivity contribution in [1.29, 1.82) is 0 Å². The Labute approximate surface area is 114 Å². The third-order valence-electron chi connectivity index (χ3n) is 3.40. The molecule has 1 N–H and O–H groups in total. The van der Waals surface area contributed by atoms with E-state index in [-0.39, 0.29) is 5.97 Å². The molecule has 1 unspecified atom stereocenters. The second-order valence-electron chi connectivity index (χ2n) is 4.80. The predicted molar refractivity (Wildman–Crippen MR) is 73.5 cm³/mol. The zero-order chi connectivity index (χ0) is 13.5. The highest BCUT2D eigenvalue weighted by Crippen LogP contribution is 2.16. The van der Waals surface area contributed by atoms with Gasteiger partial charge in [0.2, 0.25) is 0 Å². The lowest BCUT2D eigenvalue weighted by molar-refractivity contribution is 0.0600. The molecule has 4 nitrogen and oxygen atoms in total. The van der Waals surface area contributed by atoms with Crippen molar-refractivity contribution >= 4 is 5.97 Å². The summed E-state index contributed by atoms with van der Waals surface area (Å²) in [5.41, 5.74) is 0.524. The third-order valence-corrected chi connectivity index (χ3v) is 3.40. The highest BCUT2D eigenvalue weighted by Gasteiger charge is 2.12.